The number of amides is 1. The van der Waals surface area contributed by atoms with Crippen molar-refractivity contribution in [1.29, 1.82) is 0 Å². The average Bonchev–Trinajstić information content (AvgIpc) is 3.33. The molecule has 1 unspecified atom stereocenters. The zero-order valence-corrected chi connectivity index (χ0v) is 15.8. The van der Waals surface area contributed by atoms with Crippen LogP contribution in [-0.4, -0.2) is 33.5 Å². The zero-order valence-electron chi connectivity index (χ0n) is 15.8. The summed E-state index contributed by atoms with van der Waals surface area (Å²) in [5, 5.41) is 2.28. The Morgan fingerprint density at radius 3 is 2.50 bits per heavy atom. The van der Waals surface area contributed by atoms with E-state index < -0.39 is 17.7 Å². The van der Waals surface area contributed by atoms with Gasteiger partial charge in [-0.1, -0.05) is 36.4 Å². The van der Waals surface area contributed by atoms with Crippen molar-refractivity contribution >= 4 is 17.6 Å². The van der Waals surface area contributed by atoms with E-state index in [1.54, 1.807) is 61.5 Å². The van der Waals surface area contributed by atoms with Crippen molar-refractivity contribution in [1.82, 2.24) is 9.88 Å². The number of furan rings is 1. The van der Waals surface area contributed by atoms with Gasteiger partial charge >= 0.3 is 11.8 Å². The first kappa shape index (κ1) is 19.7. The topological polar surface area (TPSA) is 70.7 Å². The number of carbonyl (C=O) groups excluding carboxylic acids is 1. The summed E-state index contributed by atoms with van der Waals surface area (Å²) in [6.45, 7) is 1.40. The number of amidine groups is 1. The lowest BCUT2D eigenvalue weighted by atomic mass is 10.1. The highest BCUT2D eigenvalue weighted by atomic mass is 19.4. The van der Waals surface area contributed by atoms with Gasteiger partial charge in [0.05, 0.1) is 12.8 Å². The van der Waals surface area contributed by atoms with Gasteiger partial charge in [0.1, 0.15) is 17.4 Å². The molecule has 0 aliphatic carbocycles. The van der Waals surface area contributed by atoms with Gasteiger partial charge < -0.3 is 9.73 Å². The Morgan fingerprint density at radius 2 is 1.87 bits per heavy atom. The number of aliphatic imine (C=N–C) groups is 1. The minimum atomic E-state index is -5.02. The highest BCUT2D eigenvalue weighted by molar-refractivity contribution is 6.16. The van der Waals surface area contributed by atoms with Gasteiger partial charge in [0.25, 0.3) is 5.91 Å². The summed E-state index contributed by atoms with van der Waals surface area (Å²) in [5.74, 6) is -1.09. The normalized spacial score (nSPS) is 19.1. The number of alkyl halides is 3. The minimum Gasteiger partial charge on any atom is -0.467 e. The molecule has 1 aromatic carbocycles. The summed E-state index contributed by atoms with van der Waals surface area (Å²) in [7, 11) is 0. The summed E-state index contributed by atoms with van der Waals surface area (Å²) >= 11 is 0. The maximum absolute atomic E-state index is 14.4. The Labute approximate surface area is 170 Å². The summed E-state index contributed by atoms with van der Waals surface area (Å²) in [5.41, 5.74) is -2.37. The number of pyridine rings is 1. The summed E-state index contributed by atoms with van der Waals surface area (Å²) in [4.78, 5) is 22.1. The fourth-order valence-electron chi connectivity index (χ4n) is 3.20. The Bertz CT molecular complexity index is 1080. The van der Waals surface area contributed by atoms with Crippen molar-refractivity contribution < 1.29 is 22.4 Å². The van der Waals surface area contributed by atoms with Crippen LogP contribution in [0.4, 0.5) is 19.0 Å². The highest BCUT2D eigenvalue weighted by Gasteiger charge is 2.66. The molecule has 1 aliphatic heterocycles. The van der Waals surface area contributed by atoms with Crippen molar-refractivity contribution in [2.24, 2.45) is 4.99 Å². The van der Waals surface area contributed by atoms with E-state index in [-0.39, 0.29) is 18.2 Å². The van der Waals surface area contributed by atoms with Crippen LogP contribution in [0, 0.1) is 6.92 Å². The predicted molar refractivity (Wildman–Crippen MR) is 104 cm³/mol. The smallest absolute Gasteiger partial charge is 0.442 e. The molecule has 0 spiro atoms. The lowest BCUT2D eigenvalue weighted by Crippen LogP contribution is -2.58. The van der Waals surface area contributed by atoms with Crippen LogP contribution in [0.5, 0.6) is 0 Å². The number of hydrogen-bond donors (Lipinski definition) is 1. The molecule has 6 nitrogen and oxygen atoms in total. The second kappa shape index (κ2) is 7.33. The third-order valence-corrected chi connectivity index (χ3v) is 4.73. The quantitative estimate of drug-likeness (QED) is 0.681. The molecule has 0 radical (unpaired) electrons. The zero-order chi connectivity index (χ0) is 21.4. The fraction of sp³-hybridized carbons (Fsp3) is 0.190. The Kier molecular flexibility index (Phi) is 4.81. The van der Waals surface area contributed by atoms with Crippen LogP contribution in [0.3, 0.4) is 0 Å². The molecule has 3 aromatic rings. The summed E-state index contributed by atoms with van der Waals surface area (Å²) in [6.07, 6.45) is -2.28. The molecule has 0 saturated carbocycles. The van der Waals surface area contributed by atoms with E-state index in [2.05, 4.69) is 15.3 Å². The van der Waals surface area contributed by atoms with Crippen LogP contribution < -0.4 is 5.32 Å². The second-order valence-corrected chi connectivity index (χ2v) is 6.77. The monoisotopic (exact) mass is 414 g/mol. The highest BCUT2D eigenvalue weighted by Crippen LogP contribution is 2.41. The molecule has 0 fully saturated rings. The van der Waals surface area contributed by atoms with Gasteiger partial charge in [-0.2, -0.15) is 13.2 Å². The Hall–Kier alpha value is -3.62. The van der Waals surface area contributed by atoms with Gasteiger partial charge in [0.2, 0.25) is 0 Å². The van der Waals surface area contributed by atoms with Crippen LogP contribution >= 0.6 is 0 Å². The molecule has 0 saturated heterocycles. The Balaban J connectivity index is 1.85. The SMILES string of the molecule is Cc1cccnc1NC1(C(F)(F)F)N=C(c2ccccc2)N(Cc2ccco2)C1=O. The number of nitrogens with one attached hydrogen (secondary N) is 1. The van der Waals surface area contributed by atoms with Crippen molar-refractivity contribution in [3.8, 4) is 0 Å². The van der Waals surface area contributed by atoms with Crippen LogP contribution in [0.15, 0.2) is 76.5 Å². The van der Waals surface area contributed by atoms with E-state index in [0.29, 0.717) is 16.9 Å². The first-order valence-corrected chi connectivity index (χ1v) is 9.08. The summed E-state index contributed by atoms with van der Waals surface area (Å²) < 4.78 is 48.3. The molecule has 9 heteroatoms. The van der Waals surface area contributed by atoms with Crippen LogP contribution in [0.25, 0.3) is 0 Å². The molecule has 30 heavy (non-hydrogen) atoms. The molecule has 0 bridgehead atoms. The lowest BCUT2D eigenvalue weighted by Gasteiger charge is -2.29. The molecule has 4 rings (SSSR count). The molecule has 1 atom stereocenters. The first-order valence-electron chi connectivity index (χ1n) is 9.08. The van der Waals surface area contributed by atoms with Crippen molar-refractivity contribution in [3.05, 3.63) is 83.9 Å². The third-order valence-electron chi connectivity index (χ3n) is 4.73. The van der Waals surface area contributed by atoms with Crippen LogP contribution in [0.1, 0.15) is 16.9 Å². The number of rotatable bonds is 5. The van der Waals surface area contributed by atoms with E-state index in [9.17, 15) is 18.0 Å². The number of benzene rings is 1. The fourth-order valence-corrected chi connectivity index (χ4v) is 3.20. The Morgan fingerprint density at radius 1 is 1.10 bits per heavy atom. The van der Waals surface area contributed by atoms with Crippen LogP contribution in [0.2, 0.25) is 0 Å². The third kappa shape index (κ3) is 3.32. The standard InChI is InChI=1S/C21H17F3N4O2/c1-14-7-5-11-25-17(14)26-20(21(22,23)24)19(29)28(13-16-10-6-12-30-16)18(27-20)15-8-3-2-4-9-15/h2-12H,13H2,1H3,(H,25,26). The second-order valence-electron chi connectivity index (χ2n) is 6.77. The molecule has 1 N–H and O–H groups in total. The molecule has 1 aliphatic rings. The predicted octanol–water partition coefficient (Wildman–Crippen LogP) is 4.14. The molecule has 2 aromatic heterocycles. The van der Waals surface area contributed by atoms with Crippen LogP contribution in [-0.2, 0) is 11.3 Å². The largest absolute Gasteiger partial charge is 0.467 e. The number of aromatic nitrogens is 1. The van der Waals surface area contributed by atoms with Gasteiger partial charge in [-0.3, -0.25) is 9.69 Å². The van der Waals surface area contributed by atoms with Gasteiger partial charge in [0, 0.05) is 11.8 Å². The van der Waals surface area contributed by atoms with Crippen molar-refractivity contribution in [3.63, 3.8) is 0 Å². The number of aryl methyl sites for hydroxylation is 1. The lowest BCUT2D eigenvalue weighted by molar-refractivity contribution is -0.185. The number of halogens is 3. The molecular weight excluding hydrogens is 397 g/mol. The molecular formula is C21H17F3N4O2. The number of hydrogen-bond acceptors (Lipinski definition) is 5. The number of anilines is 1. The molecule has 3 heterocycles. The van der Waals surface area contributed by atoms with E-state index >= 15 is 0 Å². The van der Waals surface area contributed by atoms with Gasteiger partial charge in [-0.05, 0) is 30.7 Å². The molecule has 154 valence electrons. The van der Waals surface area contributed by atoms with E-state index in [1.165, 1.54) is 12.5 Å². The minimum absolute atomic E-state index is 0.0702. The van der Waals surface area contributed by atoms with E-state index in [4.69, 9.17) is 4.42 Å². The van der Waals surface area contributed by atoms with Gasteiger partial charge in [-0.15, -0.1) is 0 Å². The molecule has 1 amide bonds. The van der Waals surface area contributed by atoms with E-state index in [0.717, 1.165) is 4.90 Å². The van der Waals surface area contributed by atoms with E-state index in [1.807, 2.05) is 0 Å². The summed E-state index contributed by atoms with van der Waals surface area (Å²) in [6, 6.07) is 14.6. The average molecular weight is 414 g/mol. The number of carbonyl (C=O) groups is 1. The van der Waals surface area contributed by atoms with Crippen molar-refractivity contribution in [2.45, 2.75) is 25.3 Å². The number of nitrogens with zero attached hydrogens (tertiary/aromatic N) is 3. The maximum atomic E-state index is 14.4. The van der Waals surface area contributed by atoms with Crippen molar-refractivity contribution in [2.75, 3.05) is 5.32 Å². The first-order chi connectivity index (χ1) is 14.3. The van der Waals surface area contributed by atoms with Gasteiger partial charge in [0.15, 0.2) is 0 Å². The van der Waals surface area contributed by atoms with Gasteiger partial charge in [-0.25, -0.2) is 9.98 Å². The maximum Gasteiger partial charge on any atom is 0.442 e.